The molecule has 1 aliphatic rings. The Hall–Kier alpha value is -3.85. The van der Waals surface area contributed by atoms with Gasteiger partial charge in [0, 0.05) is 43.7 Å². The number of nitrogens with two attached hydrogens (primary N) is 1. The normalized spacial score (nSPS) is 19.3. The molecule has 0 spiro atoms. The third-order valence-electron chi connectivity index (χ3n) is 7.74. The average molecular weight is 598 g/mol. The molecule has 0 bridgehead atoms. The highest BCUT2D eigenvalue weighted by Crippen LogP contribution is 2.43. The summed E-state index contributed by atoms with van der Waals surface area (Å²) in [5.41, 5.74) is 8.44. The number of amides is 1. The van der Waals surface area contributed by atoms with Gasteiger partial charge in [-0.3, -0.25) is 9.63 Å². The smallest absolute Gasteiger partial charge is 0.278 e. The zero-order valence-electron chi connectivity index (χ0n) is 24.1. The molecule has 5 rings (SSSR count). The van der Waals surface area contributed by atoms with Crippen molar-refractivity contribution in [2.75, 3.05) is 46.5 Å². The second kappa shape index (κ2) is 11.8. The van der Waals surface area contributed by atoms with E-state index in [1.807, 2.05) is 36.5 Å². The molecule has 0 unspecified atom stereocenters. The maximum atomic E-state index is 13.3. The van der Waals surface area contributed by atoms with Crippen LogP contribution in [0.4, 0.5) is 5.82 Å². The number of likely N-dealkylation sites (N-methyl/N-ethyl adjacent to an activating group) is 1. The molecule has 42 heavy (non-hydrogen) atoms. The number of nitrogen functional groups attached to an aromatic ring is 1. The molecule has 0 aliphatic heterocycles. The molecule has 13 nitrogen and oxygen atoms in total. The van der Waals surface area contributed by atoms with Gasteiger partial charge in [0.15, 0.2) is 15.5 Å². The number of benzene rings is 1. The van der Waals surface area contributed by atoms with Gasteiger partial charge >= 0.3 is 0 Å². The third-order valence-corrected chi connectivity index (χ3v) is 8.90. The minimum absolute atomic E-state index is 0.0115. The number of nitrogens with zero attached hydrogens (tertiary/aromatic N) is 6. The first kappa shape index (κ1) is 29.6. The Morgan fingerprint density at radius 2 is 1.83 bits per heavy atom. The Morgan fingerprint density at radius 3 is 2.48 bits per heavy atom. The molecular formula is C28H35N7O6S. The summed E-state index contributed by atoms with van der Waals surface area (Å²) in [7, 11) is 0.735. The number of aromatic nitrogens is 5. The van der Waals surface area contributed by atoms with E-state index in [4.69, 9.17) is 25.0 Å². The van der Waals surface area contributed by atoms with Crippen LogP contribution in [-0.4, -0.2) is 90.1 Å². The van der Waals surface area contributed by atoms with Crippen molar-refractivity contribution in [2.45, 2.75) is 42.1 Å². The number of carbonyl (C=O) groups excluding carboxylic acids is 1. The summed E-state index contributed by atoms with van der Waals surface area (Å²) < 4.78 is 40.4. The fourth-order valence-corrected chi connectivity index (χ4v) is 6.59. The van der Waals surface area contributed by atoms with Crippen molar-refractivity contribution < 1.29 is 27.5 Å². The SMILES string of the molecule is COCCO[C@]1(C(=O)N(C)OC)CC[C@@H](c2nc3c(-c4cnn(-c5ccccc5)c4)cnn3c(N)c2S(C)(=O)=O)CC1. The van der Waals surface area contributed by atoms with Gasteiger partial charge < -0.3 is 15.2 Å². The van der Waals surface area contributed by atoms with E-state index >= 15 is 0 Å². The molecule has 1 aromatic carbocycles. The highest BCUT2D eigenvalue weighted by atomic mass is 32.2. The number of hydroxylamine groups is 2. The number of hydrogen-bond donors (Lipinski definition) is 1. The van der Waals surface area contributed by atoms with Gasteiger partial charge in [-0.1, -0.05) is 18.2 Å². The fraction of sp³-hybridized carbons (Fsp3) is 0.429. The Kier molecular flexibility index (Phi) is 8.32. The van der Waals surface area contributed by atoms with Crippen molar-refractivity contribution in [2.24, 2.45) is 0 Å². The minimum Gasteiger partial charge on any atom is -0.382 e. The zero-order chi connectivity index (χ0) is 30.1. The Bertz CT molecular complexity index is 1680. The molecule has 1 aliphatic carbocycles. The first-order chi connectivity index (χ1) is 20.1. The summed E-state index contributed by atoms with van der Waals surface area (Å²) in [5, 5.41) is 10.0. The lowest BCUT2D eigenvalue weighted by molar-refractivity contribution is -0.200. The van der Waals surface area contributed by atoms with Crippen LogP contribution in [0.25, 0.3) is 22.5 Å². The van der Waals surface area contributed by atoms with Crippen molar-refractivity contribution in [3.63, 3.8) is 0 Å². The molecule has 224 valence electrons. The van der Waals surface area contributed by atoms with Gasteiger partial charge in [0.2, 0.25) is 0 Å². The Balaban J connectivity index is 1.54. The number of sulfone groups is 1. The first-order valence-electron chi connectivity index (χ1n) is 13.5. The van der Waals surface area contributed by atoms with Crippen LogP contribution in [0.2, 0.25) is 0 Å². The number of rotatable bonds is 10. The molecule has 1 fully saturated rings. The van der Waals surface area contributed by atoms with Gasteiger partial charge in [-0.25, -0.2) is 23.1 Å². The molecule has 0 atom stereocenters. The molecule has 1 amide bonds. The minimum atomic E-state index is -3.78. The standard InChI is InChI=1S/C28H35N7O6S/c1-33(40-3)27(36)28(41-15-14-39-2)12-10-19(11-13-28)23-24(42(4,37)38)25(29)35-26(32-23)22(17-31-35)20-16-30-34(18-20)21-8-6-5-7-9-21/h5-9,16-19H,10-15,29H2,1-4H3/t19-,28-. The second-order valence-corrected chi connectivity index (χ2v) is 12.3. The fourth-order valence-electron chi connectivity index (χ4n) is 5.53. The van der Waals surface area contributed by atoms with E-state index in [1.54, 1.807) is 24.2 Å². The number of anilines is 1. The van der Waals surface area contributed by atoms with Crippen molar-refractivity contribution in [3.05, 3.63) is 54.6 Å². The van der Waals surface area contributed by atoms with Crippen LogP contribution in [0.15, 0.2) is 53.8 Å². The highest BCUT2D eigenvalue weighted by Gasteiger charge is 2.46. The van der Waals surface area contributed by atoms with Crippen LogP contribution in [0.5, 0.6) is 0 Å². The molecule has 4 aromatic rings. The molecule has 0 saturated heterocycles. The number of methoxy groups -OCH3 is 1. The van der Waals surface area contributed by atoms with Crippen LogP contribution in [-0.2, 0) is 28.9 Å². The second-order valence-electron chi connectivity index (χ2n) is 10.4. The maximum Gasteiger partial charge on any atom is 0.278 e. The summed E-state index contributed by atoms with van der Waals surface area (Å²) in [6.07, 6.45) is 7.83. The molecular weight excluding hydrogens is 562 g/mol. The Labute approximate surface area is 244 Å². The summed E-state index contributed by atoms with van der Waals surface area (Å²) in [6.45, 7) is 0.555. The van der Waals surface area contributed by atoms with Gasteiger partial charge in [0.05, 0.1) is 44.1 Å². The summed E-state index contributed by atoms with van der Waals surface area (Å²) >= 11 is 0. The summed E-state index contributed by atoms with van der Waals surface area (Å²) in [4.78, 5) is 23.3. The average Bonchev–Trinajstić information content (AvgIpc) is 3.64. The number of carbonyl (C=O) groups is 1. The Morgan fingerprint density at radius 1 is 1.12 bits per heavy atom. The summed E-state index contributed by atoms with van der Waals surface area (Å²) in [5.74, 6) is -0.612. The van der Waals surface area contributed by atoms with E-state index in [-0.39, 0.29) is 29.1 Å². The van der Waals surface area contributed by atoms with E-state index in [0.717, 1.165) is 22.6 Å². The van der Waals surface area contributed by atoms with Crippen LogP contribution in [0.1, 0.15) is 37.3 Å². The zero-order valence-corrected chi connectivity index (χ0v) is 24.9. The lowest BCUT2D eigenvalue weighted by Gasteiger charge is -2.40. The monoisotopic (exact) mass is 597 g/mol. The number of fused-ring (bicyclic) bond motifs is 1. The molecule has 3 heterocycles. The van der Waals surface area contributed by atoms with Crippen LogP contribution in [0.3, 0.4) is 0 Å². The maximum absolute atomic E-state index is 13.3. The lowest BCUT2D eigenvalue weighted by atomic mass is 9.76. The van der Waals surface area contributed by atoms with E-state index in [0.29, 0.717) is 49.2 Å². The molecule has 2 N–H and O–H groups in total. The van der Waals surface area contributed by atoms with Crippen molar-refractivity contribution in [3.8, 4) is 16.8 Å². The van der Waals surface area contributed by atoms with Gasteiger partial charge in [-0.15, -0.1) is 0 Å². The van der Waals surface area contributed by atoms with Crippen LogP contribution >= 0.6 is 0 Å². The molecule has 14 heteroatoms. The van der Waals surface area contributed by atoms with E-state index in [1.165, 1.54) is 18.7 Å². The largest absolute Gasteiger partial charge is 0.382 e. The van der Waals surface area contributed by atoms with E-state index < -0.39 is 15.4 Å². The van der Waals surface area contributed by atoms with Crippen LogP contribution in [0, 0.1) is 0 Å². The summed E-state index contributed by atoms with van der Waals surface area (Å²) in [6, 6.07) is 9.67. The van der Waals surface area contributed by atoms with E-state index in [2.05, 4.69) is 10.2 Å². The first-order valence-corrected chi connectivity index (χ1v) is 15.4. The molecule has 1 saturated carbocycles. The predicted molar refractivity (Wildman–Crippen MR) is 155 cm³/mol. The lowest BCUT2D eigenvalue weighted by Crippen LogP contribution is -2.51. The van der Waals surface area contributed by atoms with Gasteiger partial charge in [-0.05, 0) is 37.8 Å². The number of para-hydroxylation sites is 1. The number of ether oxygens (including phenoxy) is 2. The van der Waals surface area contributed by atoms with Crippen LogP contribution < -0.4 is 5.73 Å². The predicted octanol–water partition coefficient (Wildman–Crippen LogP) is 2.65. The topological polar surface area (TPSA) is 156 Å². The quantitative estimate of drug-likeness (QED) is 0.213. The van der Waals surface area contributed by atoms with Gasteiger partial charge in [0.1, 0.15) is 16.3 Å². The van der Waals surface area contributed by atoms with Gasteiger partial charge in [-0.2, -0.15) is 14.7 Å². The molecule has 3 aromatic heterocycles. The number of hydrogen-bond acceptors (Lipinski definition) is 10. The molecule has 0 radical (unpaired) electrons. The van der Waals surface area contributed by atoms with Crippen molar-refractivity contribution >= 4 is 27.2 Å². The van der Waals surface area contributed by atoms with Crippen molar-refractivity contribution in [1.29, 1.82) is 0 Å². The van der Waals surface area contributed by atoms with Gasteiger partial charge in [0.25, 0.3) is 5.91 Å². The third kappa shape index (κ3) is 5.50. The highest BCUT2D eigenvalue weighted by molar-refractivity contribution is 7.91. The van der Waals surface area contributed by atoms with Crippen molar-refractivity contribution in [1.82, 2.24) is 29.4 Å². The van der Waals surface area contributed by atoms with E-state index in [9.17, 15) is 13.2 Å².